The molecule has 6 nitrogen and oxygen atoms in total. The summed E-state index contributed by atoms with van der Waals surface area (Å²) in [6.07, 6.45) is 9.90. The zero-order valence-electron chi connectivity index (χ0n) is 30.3. The van der Waals surface area contributed by atoms with Crippen LogP contribution in [-0.4, -0.2) is 30.7 Å². The number of hydrogen-bond acceptors (Lipinski definition) is 4. The standard InChI is InChI=1S/C14H26N2O3.C14H14O.C5H12.C3H8.C3H6/c1-5-7-15-13(18)8-11(4)14(19)16-9-12(17)10(3)6-2;1-2-12-7-6-10-14(11-12)15-13-8-4-3-5-9-13;1-3-5-4-2;2*1-3-2/h10-11H,5-9H2,1-4H3,(H,15,18)(H,16,19);3-11H,2H2,1H3;3-5H2,1-2H3;3H2,1-2H3;3H,1H2,2H3. The highest BCUT2D eigenvalue weighted by Gasteiger charge is 2.18. The van der Waals surface area contributed by atoms with Gasteiger partial charge in [-0.3, -0.25) is 14.4 Å². The minimum Gasteiger partial charge on any atom is -0.457 e. The molecule has 2 aromatic rings. The SMILES string of the molecule is C=CC.CCC.CCCCC.CCCNC(=O)CC(C)C(=O)NCC(=O)C(C)CC.CCc1cccc(Oc2ccccc2)c1. The normalized spacial score (nSPS) is 10.6. The van der Waals surface area contributed by atoms with Gasteiger partial charge in [0.15, 0.2) is 5.78 Å². The third-order valence-electron chi connectivity index (χ3n) is 6.10. The van der Waals surface area contributed by atoms with Crippen LogP contribution in [0.3, 0.4) is 0 Å². The molecule has 6 heteroatoms. The minimum atomic E-state index is -0.415. The van der Waals surface area contributed by atoms with Crippen LogP contribution < -0.4 is 15.4 Å². The van der Waals surface area contributed by atoms with Gasteiger partial charge in [0.1, 0.15) is 11.5 Å². The molecular formula is C39H66N2O4. The number of unbranched alkanes of at least 4 members (excludes halogenated alkanes) is 2. The molecule has 0 spiro atoms. The number of Topliss-reactive ketones (excluding diaryl/α,β-unsaturated/α-hetero) is 1. The minimum absolute atomic E-state index is 0.0264. The number of carbonyl (C=O) groups excluding carboxylic acids is 3. The predicted octanol–water partition coefficient (Wildman–Crippen LogP) is 10.1. The lowest BCUT2D eigenvalue weighted by molar-refractivity contribution is -0.131. The van der Waals surface area contributed by atoms with Gasteiger partial charge >= 0.3 is 0 Å². The van der Waals surface area contributed by atoms with Crippen molar-refractivity contribution >= 4 is 17.6 Å². The number of aryl methyl sites for hydroxylation is 1. The fraction of sp³-hybridized carbons (Fsp3) is 0.564. The fourth-order valence-electron chi connectivity index (χ4n) is 3.26. The summed E-state index contributed by atoms with van der Waals surface area (Å²) in [5.41, 5.74) is 1.29. The Balaban J connectivity index is -0.000000597. The van der Waals surface area contributed by atoms with E-state index in [1.807, 2.05) is 70.2 Å². The van der Waals surface area contributed by atoms with Gasteiger partial charge in [-0.1, -0.05) is 124 Å². The molecule has 0 bridgehead atoms. The lowest BCUT2D eigenvalue weighted by atomic mass is 10.0. The number of carbonyl (C=O) groups is 3. The average Bonchev–Trinajstić information content (AvgIpc) is 3.04. The summed E-state index contributed by atoms with van der Waals surface area (Å²) in [5, 5.41) is 5.31. The summed E-state index contributed by atoms with van der Waals surface area (Å²) in [4.78, 5) is 34.7. The molecule has 45 heavy (non-hydrogen) atoms. The van der Waals surface area contributed by atoms with Gasteiger partial charge in [0, 0.05) is 24.8 Å². The summed E-state index contributed by atoms with van der Waals surface area (Å²) in [7, 11) is 0. The van der Waals surface area contributed by atoms with Crippen molar-refractivity contribution in [2.45, 2.75) is 121 Å². The molecule has 2 unspecified atom stereocenters. The highest BCUT2D eigenvalue weighted by molar-refractivity contribution is 5.90. The van der Waals surface area contributed by atoms with Crippen molar-refractivity contribution in [2.75, 3.05) is 13.1 Å². The van der Waals surface area contributed by atoms with Gasteiger partial charge in [0.25, 0.3) is 0 Å². The van der Waals surface area contributed by atoms with E-state index in [1.54, 1.807) is 13.0 Å². The van der Waals surface area contributed by atoms with Crippen molar-refractivity contribution in [1.82, 2.24) is 10.6 Å². The molecule has 2 aromatic carbocycles. The molecule has 2 N–H and O–H groups in total. The summed E-state index contributed by atoms with van der Waals surface area (Å²) in [6, 6.07) is 18.0. The maximum Gasteiger partial charge on any atom is 0.223 e. The molecule has 0 aromatic heterocycles. The second kappa shape index (κ2) is 33.5. The molecule has 0 saturated carbocycles. The predicted molar refractivity (Wildman–Crippen MR) is 194 cm³/mol. The first-order valence-electron chi connectivity index (χ1n) is 17.0. The van der Waals surface area contributed by atoms with E-state index in [-0.39, 0.29) is 36.5 Å². The average molecular weight is 627 g/mol. The first-order chi connectivity index (χ1) is 21.5. The van der Waals surface area contributed by atoms with Crippen molar-refractivity contribution in [3.05, 3.63) is 72.8 Å². The molecule has 0 fully saturated rings. The van der Waals surface area contributed by atoms with Crippen molar-refractivity contribution in [1.29, 1.82) is 0 Å². The van der Waals surface area contributed by atoms with E-state index in [1.165, 1.54) is 31.2 Å². The van der Waals surface area contributed by atoms with Gasteiger partial charge in [-0.05, 0) is 56.0 Å². The van der Waals surface area contributed by atoms with Crippen LogP contribution in [0, 0.1) is 11.8 Å². The van der Waals surface area contributed by atoms with Crippen LogP contribution in [0.15, 0.2) is 67.3 Å². The Morgan fingerprint density at radius 2 is 1.36 bits per heavy atom. The Kier molecular flexibility index (Phi) is 34.2. The summed E-state index contributed by atoms with van der Waals surface area (Å²) in [5.74, 6) is 0.982. The quantitative estimate of drug-likeness (QED) is 0.204. The lowest BCUT2D eigenvalue weighted by Gasteiger charge is -2.13. The Bertz CT molecular complexity index is 990. The van der Waals surface area contributed by atoms with Gasteiger partial charge in [0.2, 0.25) is 11.8 Å². The van der Waals surface area contributed by atoms with E-state index in [9.17, 15) is 14.4 Å². The van der Waals surface area contributed by atoms with Crippen LogP contribution in [0.2, 0.25) is 0 Å². The van der Waals surface area contributed by atoms with Gasteiger partial charge in [-0.2, -0.15) is 0 Å². The van der Waals surface area contributed by atoms with Crippen LogP contribution in [0.1, 0.15) is 120 Å². The fourth-order valence-corrected chi connectivity index (χ4v) is 3.26. The lowest BCUT2D eigenvalue weighted by Crippen LogP contribution is -2.37. The number of ether oxygens (including phenoxy) is 1. The molecule has 0 saturated heterocycles. The van der Waals surface area contributed by atoms with E-state index in [2.05, 4.69) is 64.0 Å². The maximum atomic E-state index is 11.7. The van der Waals surface area contributed by atoms with Crippen molar-refractivity contribution in [2.24, 2.45) is 11.8 Å². The van der Waals surface area contributed by atoms with Crippen LogP contribution in [0.4, 0.5) is 0 Å². The monoisotopic (exact) mass is 627 g/mol. The van der Waals surface area contributed by atoms with Gasteiger partial charge < -0.3 is 15.4 Å². The van der Waals surface area contributed by atoms with Crippen LogP contribution >= 0.6 is 0 Å². The largest absolute Gasteiger partial charge is 0.457 e. The first-order valence-corrected chi connectivity index (χ1v) is 17.0. The maximum absolute atomic E-state index is 11.7. The Hall–Kier alpha value is -3.41. The van der Waals surface area contributed by atoms with E-state index in [0.717, 1.165) is 30.8 Å². The van der Waals surface area contributed by atoms with Crippen molar-refractivity contribution in [3.8, 4) is 11.5 Å². The van der Waals surface area contributed by atoms with Crippen LogP contribution in [-0.2, 0) is 20.8 Å². The molecule has 2 atom stereocenters. The molecule has 0 heterocycles. The Labute approximate surface area is 276 Å². The number of allylic oxidation sites excluding steroid dienone is 1. The smallest absolute Gasteiger partial charge is 0.223 e. The highest BCUT2D eigenvalue weighted by atomic mass is 16.5. The summed E-state index contributed by atoms with van der Waals surface area (Å²) in [6.45, 7) is 24.2. The number of ketones is 1. The summed E-state index contributed by atoms with van der Waals surface area (Å²) < 4.78 is 5.72. The second-order valence-electron chi connectivity index (χ2n) is 10.8. The van der Waals surface area contributed by atoms with Crippen LogP contribution in [0.5, 0.6) is 11.5 Å². The molecule has 2 amide bonds. The molecule has 0 aliphatic rings. The van der Waals surface area contributed by atoms with Gasteiger partial charge in [-0.25, -0.2) is 0 Å². The zero-order chi connectivity index (χ0) is 34.9. The van der Waals surface area contributed by atoms with Gasteiger partial charge in [-0.15, -0.1) is 6.58 Å². The van der Waals surface area contributed by atoms with E-state index in [4.69, 9.17) is 4.74 Å². The first kappa shape index (κ1) is 46.0. The van der Waals surface area contributed by atoms with Crippen molar-refractivity contribution in [3.63, 3.8) is 0 Å². The third kappa shape index (κ3) is 29.1. The van der Waals surface area contributed by atoms with Crippen LogP contribution in [0.25, 0.3) is 0 Å². The molecule has 0 aliphatic heterocycles. The Morgan fingerprint density at radius 1 is 0.800 bits per heavy atom. The number of benzene rings is 2. The number of amides is 2. The van der Waals surface area contributed by atoms with E-state index >= 15 is 0 Å². The molecule has 256 valence electrons. The van der Waals surface area contributed by atoms with E-state index in [0.29, 0.717) is 6.54 Å². The number of para-hydroxylation sites is 1. The molecule has 0 aliphatic carbocycles. The molecular weight excluding hydrogens is 560 g/mol. The zero-order valence-corrected chi connectivity index (χ0v) is 30.3. The Morgan fingerprint density at radius 3 is 1.82 bits per heavy atom. The summed E-state index contributed by atoms with van der Waals surface area (Å²) >= 11 is 0. The number of rotatable bonds is 14. The highest BCUT2D eigenvalue weighted by Crippen LogP contribution is 2.21. The molecule has 2 rings (SSSR count). The number of hydrogen-bond donors (Lipinski definition) is 2. The van der Waals surface area contributed by atoms with Gasteiger partial charge in [0.05, 0.1) is 6.54 Å². The third-order valence-corrected chi connectivity index (χ3v) is 6.10. The number of nitrogens with one attached hydrogen (secondary N) is 2. The molecule has 0 radical (unpaired) electrons. The van der Waals surface area contributed by atoms with Crippen molar-refractivity contribution < 1.29 is 19.1 Å². The second-order valence-corrected chi connectivity index (χ2v) is 10.8. The van der Waals surface area contributed by atoms with E-state index < -0.39 is 5.92 Å². The topological polar surface area (TPSA) is 84.5 Å².